The van der Waals surface area contributed by atoms with Gasteiger partial charge in [0.2, 0.25) is 30.5 Å². The number of nitrogens with one attached hydrogen (secondary N) is 6. The van der Waals surface area contributed by atoms with E-state index in [-0.39, 0.29) is 39.7 Å². The third-order valence-electron chi connectivity index (χ3n) is 7.82. The van der Waals surface area contributed by atoms with E-state index in [1.807, 2.05) is 6.92 Å². The molecule has 0 bridgehead atoms. The van der Waals surface area contributed by atoms with Gasteiger partial charge in [0.1, 0.15) is 5.70 Å². The van der Waals surface area contributed by atoms with E-state index in [4.69, 9.17) is 28.9 Å². The van der Waals surface area contributed by atoms with E-state index in [1.54, 1.807) is 39.0 Å². The van der Waals surface area contributed by atoms with Crippen LogP contribution >= 0.6 is 46.7 Å². The number of nitrogens with zero attached hydrogens (tertiary/aromatic N) is 2. The number of rotatable bonds is 27. The molecule has 6 amide bonds. The quantitative estimate of drug-likeness (QED) is 0.0124. The first-order valence-electron chi connectivity index (χ1n) is 18.8. The van der Waals surface area contributed by atoms with Gasteiger partial charge in [0, 0.05) is 60.2 Å². The average Bonchev–Trinajstić information content (AvgIpc) is 3.16. The van der Waals surface area contributed by atoms with Crippen LogP contribution < -0.4 is 37.6 Å². The Morgan fingerprint density at radius 1 is 0.776 bits per heavy atom. The number of thioether (sulfide) groups is 2. The molecule has 8 N–H and O–H groups in total. The van der Waals surface area contributed by atoms with Gasteiger partial charge in [0.25, 0.3) is 5.91 Å². The molecule has 0 fully saturated rings. The molecule has 0 saturated heterocycles. The fourth-order valence-electron chi connectivity index (χ4n) is 5.09. The van der Waals surface area contributed by atoms with Gasteiger partial charge in [-0.15, -0.1) is 23.5 Å². The third-order valence-corrected chi connectivity index (χ3v) is 10.5. The molecule has 19 heteroatoms. The summed E-state index contributed by atoms with van der Waals surface area (Å²) in [5.41, 5.74) is 6.90. The number of carbonyl (C=O) groups excluding carboxylic acids is 6. The first-order chi connectivity index (χ1) is 27.8. The van der Waals surface area contributed by atoms with Crippen LogP contribution in [0.5, 0.6) is 0 Å². The van der Waals surface area contributed by atoms with Crippen molar-refractivity contribution in [1.82, 2.24) is 10.6 Å². The normalized spacial score (nSPS) is 12.1. The average molecular weight is 879 g/mol. The lowest BCUT2D eigenvalue weighted by atomic mass is 10.1. The number of halogens is 2. The molecule has 2 aromatic rings. The van der Waals surface area contributed by atoms with E-state index in [0.717, 1.165) is 19.3 Å². The van der Waals surface area contributed by atoms with Crippen molar-refractivity contribution >= 4 is 118 Å². The molecule has 1 atom stereocenters. The van der Waals surface area contributed by atoms with Gasteiger partial charge in [-0.25, -0.2) is 0 Å². The van der Waals surface area contributed by atoms with E-state index >= 15 is 0 Å². The van der Waals surface area contributed by atoms with Gasteiger partial charge in [-0.1, -0.05) is 43.0 Å². The largest absolute Gasteiger partial charge is 0.388 e. The van der Waals surface area contributed by atoms with Crippen LogP contribution in [-0.2, 0) is 28.8 Å². The van der Waals surface area contributed by atoms with Crippen molar-refractivity contribution < 1.29 is 28.8 Å². The molecular weight excluding hydrogens is 826 g/mol. The number of amides is 6. The predicted octanol–water partition coefficient (Wildman–Crippen LogP) is 6.86. The Labute approximate surface area is 358 Å². The van der Waals surface area contributed by atoms with Crippen LogP contribution in [0.2, 0.25) is 10.0 Å². The fourth-order valence-corrected chi connectivity index (χ4v) is 7.43. The monoisotopic (exact) mass is 877 g/mol. The number of benzene rings is 2. The van der Waals surface area contributed by atoms with Gasteiger partial charge in [-0.2, -0.15) is 0 Å². The highest BCUT2D eigenvalue weighted by Crippen LogP contribution is 2.39. The highest BCUT2D eigenvalue weighted by molar-refractivity contribution is 7.99. The SMILES string of the molecule is CC=N/C(=C\C(C)C(=O)Nc1cc(Cl)cc(NC(=O)CCCCC)c1SCCNC=O)C(=O)Nc1cc(Cl)cc(NC(=O)CCCCN=C(C)N)c1SCCNC=O. The lowest BCUT2D eigenvalue weighted by Gasteiger charge is -2.19. The molecule has 316 valence electrons. The highest BCUT2D eigenvalue weighted by atomic mass is 35.5. The zero-order valence-corrected chi connectivity index (χ0v) is 36.3. The Kier molecular flexibility index (Phi) is 23.9. The van der Waals surface area contributed by atoms with E-state index in [0.29, 0.717) is 95.9 Å². The Bertz CT molecular complexity index is 1820. The van der Waals surface area contributed by atoms with Crippen LogP contribution in [0, 0.1) is 5.92 Å². The molecule has 58 heavy (non-hydrogen) atoms. The Morgan fingerprint density at radius 3 is 1.72 bits per heavy atom. The molecule has 0 spiro atoms. The lowest BCUT2D eigenvalue weighted by Crippen LogP contribution is -2.22. The zero-order valence-electron chi connectivity index (χ0n) is 33.2. The molecule has 0 aliphatic rings. The number of nitrogens with two attached hydrogens (primary N) is 1. The van der Waals surface area contributed by atoms with Gasteiger partial charge >= 0.3 is 0 Å². The Balaban J connectivity index is 2.39. The summed E-state index contributed by atoms with van der Waals surface area (Å²) in [7, 11) is 0. The minimum atomic E-state index is -0.901. The van der Waals surface area contributed by atoms with Crippen molar-refractivity contribution in [3.05, 3.63) is 46.1 Å². The van der Waals surface area contributed by atoms with E-state index in [2.05, 4.69) is 41.9 Å². The van der Waals surface area contributed by atoms with Crippen LogP contribution in [-0.4, -0.2) is 79.6 Å². The standard InChI is InChI=1S/C39H53Cl2N9O6S2/c1-5-7-8-11-34(53)47-29-19-27(40)21-31(36(29)57-16-14-43-23-51)49-38(55)25(3)18-33(45-6-2)39(56)50-32-22-28(41)20-30(37(32)58-17-15-44-24-52)48-35(54)12-9-10-13-46-26(4)42/h6,18-25H,5,7-17H2,1-4H3,(H2,42,46)(H,43,51)(H,44,52)(H,47,53)(H,48,54)(H,49,55)(H,50,56)/b33-18-,45-6?. The number of hydrogen-bond donors (Lipinski definition) is 7. The van der Waals surface area contributed by atoms with Crippen LogP contribution in [0.4, 0.5) is 22.7 Å². The van der Waals surface area contributed by atoms with Gasteiger partial charge in [-0.05, 0) is 70.4 Å². The second-order valence-electron chi connectivity index (χ2n) is 12.7. The molecule has 0 saturated carbocycles. The fraction of sp³-hybridized carbons (Fsp3) is 0.436. The number of amidine groups is 1. The van der Waals surface area contributed by atoms with Crippen LogP contribution in [0.3, 0.4) is 0 Å². The van der Waals surface area contributed by atoms with Crippen molar-refractivity contribution in [2.45, 2.75) is 82.4 Å². The molecule has 0 aliphatic carbocycles. The molecule has 2 rings (SSSR count). The summed E-state index contributed by atoms with van der Waals surface area (Å²) in [6.45, 7) is 8.11. The molecule has 0 aliphatic heterocycles. The van der Waals surface area contributed by atoms with Gasteiger partial charge in [0.15, 0.2) is 0 Å². The predicted molar refractivity (Wildman–Crippen MR) is 239 cm³/mol. The maximum absolute atomic E-state index is 13.8. The topological polar surface area (TPSA) is 225 Å². The second kappa shape index (κ2) is 27.9. The minimum Gasteiger partial charge on any atom is -0.388 e. The molecule has 1 unspecified atom stereocenters. The second-order valence-corrected chi connectivity index (χ2v) is 15.8. The van der Waals surface area contributed by atoms with E-state index in [1.165, 1.54) is 41.9 Å². The van der Waals surface area contributed by atoms with Gasteiger partial charge in [-0.3, -0.25) is 38.8 Å². The molecule has 0 aromatic heterocycles. The summed E-state index contributed by atoms with van der Waals surface area (Å²) in [6.07, 6.45) is 8.33. The molecule has 0 radical (unpaired) electrons. The number of hydrogen-bond acceptors (Lipinski definition) is 10. The summed E-state index contributed by atoms with van der Waals surface area (Å²) in [4.78, 5) is 84.4. The minimum absolute atomic E-state index is 0.0784. The smallest absolute Gasteiger partial charge is 0.273 e. The summed E-state index contributed by atoms with van der Waals surface area (Å²) in [5, 5.41) is 17.2. The van der Waals surface area contributed by atoms with Crippen molar-refractivity contribution in [1.29, 1.82) is 0 Å². The Hall–Kier alpha value is -4.58. The summed E-state index contributed by atoms with van der Waals surface area (Å²) in [6, 6.07) is 6.27. The maximum Gasteiger partial charge on any atom is 0.273 e. The Morgan fingerprint density at radius 2 is 1.26 bits per heavy atom. The zero-order chi connectivity index (χ0) is 42.9. The van der Waals surface area contributed by atoms with Gasteiger partial charge < -0.3 is 37.6 Å². The van der Waals surface area contributed by atoms with Crippen molar-refractivity contribution in [2.24, 2.45) is 21.6 Å². The van der Waals surface area contributed by atoms with Crippen molar-refractivity contribution in [2.75, 3.05) is 52.4 Å². The first kappa shape index (κ1) is 49.6. The van der Waals surface area contributed by atoms with Crippen molar-refractivity contribution in [3.63, 3.8) is 0 Å². The summed E-state index contributed by atoms with van der Waals surface area (Å²) < 4.78 is 0. The van der Waals surface area contributed by atoms with Gasteiger partial charge in [0.05, 0.1) is 44.3 Å². The molecular formula is C39H53Cl2N9O6S2. The summed E-state index contributed by atoms with van der Waals surface area (Å²) in [5.74, 6) is -1.21. The van der Waals surface area contributed by atoms with E-state index in [9.17, 15) is 28.8 Å². The highest BCUT2D eigenvalue weighted by Gasteiger charge is 2.22. The molecule has 15 nitrogen and oxygen atoms in total. The summed E-state index contributed by atoms with van der Waals surface area (Å²) >= 11 is 15.5. The number of anilines is 4. The molecule has 0 heterocycles. The van der Waals surface area contributed by atoms with Crippen LogP contribution in [0.15, 0.2) is 55.8 Å². The molecule has 2 aromatic carbocycles. The maximum atomic E-state index is 13.8. The van der Waals surface area contributed by atoms with Crippen molar-refractivity contribution in [3.8, 4) is 0 Å². The number of carbonyl (C=O) groups is 6. The first-order valence-corrected chi connectivity index (χ1v) is 21.5. The van der Waals surface area contributed by atoms with Crippen LogP contribution in [0.25, 0.3) is 0 Å². The van der Waals surface area contributed by atoms with E-state index < -0.39 is 17.7 Å². The number of aliphatic imine (C=N–C) groups is 2. The van der Waals surface area contributed by atoms with Crippen LogP contribution in [0.1, 0.15) is 72.6 Å². The third kappa shape index (κ3) is 18.8. The lowest BCUT2D eigenvalue weighted by molar-refractivity contribution is -0.118. The number of unbranched alkanes of at least 4 members (excludes halogenated alkanes) is 3.